The van der Waals surface area contributed by atoms with Gasteiger partial charge >= 0.3 is 0 Å². The number of aryl methyl sites for hydroxylation is 1. The highest BCUT2D eigenvalue weighted by Gasteiger charge is 2.06. The van der Waals surface area contributed by atoms with Gasteiger partial charge in [-0.3, -0.25) is 4.79 Å². The molecular formula is C12H12O3. The van der Waals surface area contributed by atoms with E-state index in [1.165, 1.54) is 6.07 Å². The van der Waals surface area contributed by atoms with Crippen molar-refractivity contribution in [1.82, 2.24) is 0 Å². The largest absolute Gasteiger partial charge is 0.465 e. The van der Waals surface area contributed by atoms with Gasteiger partial charge in [-0.1, -0.05) is 12.1 Å². The zero-order valence-corrected chi connectivity index (χ0v) is 8.74. The van der Waals surface area contributed by atoms with Crippen molar-refractivity contribution in [2.24, 2.45) is 0 Å². The molecule has 0 bridgehead atoms. The summed E-state index contributed by atoms with van der Waals surface area (Å²) in [7, 11) is 0. The van der Waals surface area contributed by atoms with Crippen molar-refractivity contribution >= 4 is 11.0 Å². The van der Waals surface area contributed by atoms with Crippen LogP contribution in [-0.2, 0) is 0 Å². The highest BCUT2D eigenvalue weighted by atomic mass is 16.6. The Balaban J connectivity index is 2.73. The van der Waals surface area contributed by atoms with Gasteiger partial charge in [-0.15, -0.1) is 0 Å². The minimum atomic E-state index is -0.0576. The first kappa shape index (κ1) is 9.77. The fourth-order valence-electron chi connectivity index (χ4n) is 1.57. The molecule has 1 aromatic heterocycles. The third kappa shape index (κ3) is 1.73. The lowest BCUT2D eigenvalue weighted by molar-refractivity contribution is 0.261. The molecule has 0 saturated carbocycles. The van der Waals surface area contributed by atoms with Gasteiger partial charge in [-0.2, -0.15) is 0 Å². The van der Waals surface area contributed by atoms with Crippen molar-refractivity contribution in [2.45, 2.75) is 13.8 Å². The Hall–Kier alpha value is -1.77. The van der Waals surface area contributed by atoms with Crippen LogP contribution in [0.2, 0.25) is 0 Å². The van der Waals surface area contributed by atoms with Crippen LogP contribution in [0.25, 0.3) is 11.0 Å². The molecule has 0 saturated heterocycles. The summed E-state index contributed by atoms with van der Waals surface area (Å²) in [6.07, 6.45) is 0. The molecule has 78 valence electrons. The fourth-order valence-corrected chi connectivity index (χ4v) is 1.57. The number of rotatable bonds is 2. The lowest BCUT2D eigenvalue weighted by Crippen LogP contribution is -2.03. The normalized spacial score (nSPS) is 10.5. The molecule has 0 atom stereocenters. The van der Waals surface area contributed by atoms with E-state index in [1.807, 2.05) is 26.0 Å². The maximum absolute atomic E-state index is 11.8. The van der Waals surface area contributed by atoms with Gasteiger partial charge in [0.15, 0.2) is 5.43 Å². The van der Waals surface area contributed by atoms with Crippen molar-refractivity contribution < 1.29 is 9.15 Å². The summed E-state index contributed by atoms with van der Waals surface area (Å²) in [5.74, 6) is 0.278. The van der Waals surface area contributed by atoms with Crippen LogP contribution in [0.1, 0.15) is 12.5 Å². The molecule has 0 radical (unpaired) electrons. The first-order valence-corrected chi connectivity index (χ1v) is 4.88. The van der Waals surface area contributed by atoms with Gasteiger partial charge in [-0.05, 0) is 25.5 Å². The molecular weight excluding hydrogens is 192 g/mol. The van der Waals surface area contributed by atoms with E-state index in [4.69, 9.17) is 9.15 Å². The maximum atomic E-state index is 11.8. The van der Waals surface area contributed by atoms with Crippen molar-refractivity contribution in [1.29, 1.82) is 0 Å². The van der Waals surface area contributed by atoms with E-state index in [-0.39, 0.29) is 11.4 Å². The topological polar surface area (TPSA) is 39.4 Å². The number of ether oxygens (including phenoxy) is 1. The molecule has 0 aliphatic carbocycles. The van der Waals surface area contributed by atoms with Gasteiger partial charge in [-0.25, -0.2) is 0 Å². The van der Waals surface area contributed by atoms with Gasteiger partial charge in [0.05, 0.1) is 18.1 Å². The molecule has 0 aliphatic rings. The highest BCUT2D eigenvalue weighted by Crippen LogP contribution is 2.19. The molecule has 0 fully saturated rings. The minimum absolute atomic E-state index is 0.0576. The fraction of sp³-hybridized carbons (Fsp3) is 0.250. The number of hydrogen-bond donors (Lipinski definition) is 0. The zero-order chi connectivity index (χ0) is 10.8. The van der Waals surface area contributed by atoms with Gasteiger partial charge in [0.25, 0.3) is 5.95 Å². The predicted molar refractivity (Wildman–Crippen MR) is 58.4 cm³/mol. The van der Waals surface area contributed by atoms with Crippen LogP contribution in [0.5, 0.6) is 5.95 Å². The molecule has 0 amide bonds. The zero-order valence-electron chi connectivity index (χ0n) is 8.74. The van der Waals surface area contributed by atoms with Crippen molar-refractivity contribution in [3.63, 3.8) is 0 Å². The quantitative estimate of drug-likeness (QED) is 0.754. The predicted octanol–water partition coefficient (Wildman–Crippen LogP) is 2.50. The summed E-state index contributed by atoms with van der Waals surface area (Å²) >= 11 is 0. The van der Waals surface area contributed by atoms with Crippen LogP contribution in [-0.4, -0.2) is 6.61 Å². The SMILES string of the molecule is CCOc1cc(=O)c2c(C)cccc2o1. The number of benzene rings is 1. The van der Waals surface area contributed by atoms with E-state index in [0.717, 1.165) is 5.56 Å². The van der Waals surface area contributed by atoms with Crippen LogP contribution in [0, 0.1) is 6.92 Å². The molecule has 3 heteroatoms. The van der Waals surface area contributed by atoms with Crippen molar-refractivity contribution in [3.05, 3.63) is 40.1 Å². The Morgan fingerprint density at radius 1 is 1.40 bits per heavy atom. The molecule has 0 spiro atoms. The van der Waals surface area contributed by atoms with Gasteiger partial charge in [0.1, 0.15) is 5.58 Å². The molecule has 15 heavy (non-hydrogen) atoms. The Labute approximate surface area is 87.3 Å². The average molecular weight is 204 g/mol. The van der Waals surface area contributed by atoms with Gasteiger partial charge in [0, 0.05) is 0 Å². The molecule has 0 aliphatic heterocycles. The Bertz CT molecular complexity index is 540. The second-order valence-electron chi connectivity index (χ2n) is 3.31. The average Bonchev–Trinajstić information content (AvgIpc) is 2.17. The molecule has 3 nitrogen and oxygen atoms in total. The molecule has 2 rings (SSSR count). The number of hydrogen-bond acceptors (Lipinski definition) is 3. The second-order valence-corrected chi connectivity index (χ2v) is 3.31. The summed E-state index contributed by atoms with van der Waals surface area (Å²) < 4.78 is 10.6. The standard InChI is InChI=1S/C12H12O3/c1-3-14-11-7-9(13)12-8(2)5-4-6-10(12)15-11/h4-7H,3H2,1-2H3. The van der Waals surface area contributed by atoms with Gasteiger partial charge < -0.3 is 9.15 Å². The molecule has 0 unspecified atom stereocenters. The van der Waals surface area contributed by atoms with E-state index in [1.54, 1.807) is 6.07 Å². The van der Waals surface area contributed by atoms with E-state index in [9.17, 15) is 4.79 Å². The number of fused-ring (bicyclic) bond motifs is 1. The minimum Gasteiger partial charge on any atom is -0.465 e. The second kappa shape index (κ2) is 3.77. The van der Waals surface area contributed by atoms with Crippen LogP contribution in [0.3, 0.4) is 0 Å². The van der Waals surface area contributed by atoms with Crippen LogP contribution in [0.15, 0.2) is 33.5 Å². The van der Waals surface area contributed by atoms with E-state index < -0.39 is 0 Å². The van der Waals surface area contributed by atoms with Crippen molar-refractivity contribution in [2.75, 3.05) is 6.61 Å². The summed E-state index contributed by atoms with van der Waals surface area (Å²) in [6, 6.07) is 6.90. The molecule has 1 aromatic carbocycles. The highest BCUT2D eigenvalue weighted by molar-refractivity contribution is 5.80. The van der Waals surface area contributed by atoms with Crippen molar-refractivity contribution in [3.8, 4) is 5.95 Å². The summed E-state index contributed by atoms with van der Waals surface area (Å²) in [5.41, 5.74) is 1.44. The van der Waals surface area contributed by atoms with Crippen LogP contribution >= 0.6 is 0 Å². The Morgan fingerprint density at radius 3 is 2.93 bits per heavy atom. The van der Waals surface area contributed by atoms with E-state index in [0.29, 0.717) is 17.6 Å². The first-order chi connectivity index (χ1) is 7.22. The van der Waals surface area contributed by atoms with E-state index >= 15 is 0 Å². The molecule has 1 heterocycles. The Kier molecular flexibility index (Phi) is 2.46. The first-order valence-electron chi connectivity index (χ1n) is 4.88. The maximum Gasteiger partial charge on any atom is 0.288 e. The van der Waals surface area contributed by atoms with Crippen LogP contribution in [0.4, 0.5) is 0 Å². The summed E-state index contributed by atoms with van der Waals surface area (Å²) in [6.45, 7) is 4.22. The third-order valence-corrected chi connectivity index (χ3v) is 2.23. The summed E-state index contributed by atoms with van der Waals surface area (Å²) in [4.78, 5) is 11.8. The lowest BCUT2D eigenvalue weighted by Gasteiger charge is -2.04. The third-order valence-electron chi connectivity index (χ3n) is 2.23. The van der Waals surface area contributed by atoms with E-state index in [2.05, 4.69) is 0 Å². The Morgan fingerprint density at radius 2 is 2.20 bits per heavy atom. The molecule has 0 N–H and O–H groups in total. The summed E-state index contributed by atoms with van der Waals surface area (Å²) in [5, 5.41) is 0.626. The monoisotopic (exact) mass is 204 g/mol. The molecule has 2 aromatic rings. The van der Waals surface area contributed by atoms with Gasteiger partial charge in [0.2, 0.25) is 0 Å². The smallest absolute Gasteiger partial charge is 0.288 e. The van der Waals surface area contributed by atoms with Crippen LogP contribution < -0.4 is 10.2 Å². The lowest BCUT2D eigenvalue weighted by atomic mass is 10.1.